The number of amidine groups is 1. The molecule has 15 heavy (non-hydrogen) atoms. The number of furan rings is 1. The molecule has 0 saturated heterocycles. The minimum atomic E-state index is 0.121. The second-order valence-corrected chi connectivity index (χ2v) is 3.32. The minimum Gasteiger partial charge on any atom is -0.496 e. The molecule has 0 aliphatic carbocycles. The van der Waals surface area contributed by atoms with E-state index >= 15 is 0 Å². The van der Waals surface area contributed by atoms with Crippen LogP contribution in [-0.4, -0.2) is 12.9 Å². The zero-order valence-electron chi connectivity index (χ0n) is 8.41. The van der Waals surface area contributed by atoms with Gasteiger partial charge in [-0.25, -0.2) is 0 Å². The summed E-state index contributed by atoms with van der Waals surface area (Å²) in [7, 11) is 1.59. The smallest absolute Gasteiger partial charge is 0.137 e. The van der Waals surface area contributed by atoms with Crippen LogP contribution in [0.4, 0.5) is 0 Å². The van der Waals surface area contributed by atoms with Gasteiger partial charge in [0.25, 0.3) is 0 Å². The van der Waals surface area contributed by atoms with E-state index in [2.05, 4.69) is 0 Å². The quantitative estimate of drug-likeness (QED) is 0.592. The number of hydrogen-bond acceptors (Lipinski definition) is 3. The Labute approximate surface area is 87.1 Å². The predicted octanol–water partition coefficient (Wildman–Crippen LogP) is 1.92. The lowest BCUT2D eigenvalue weighted by Crippen LogP contribution is -2.13. The molecule has 0 atom stereocenters. The molecule has 0 spiro atoms. The van der Waals surface area contributed by atoms with Gasteiger partial charge in [-0.3, -0.25) is 5.41 Å². The maximum Gasteiger partial charge on any atom is 0.137 e. The fourth-order valence-electron chi connectivity index (χ4n) is 1.57. The molecule has 0 unspecified atom stereocenters. The molecule has 4 heteroatoms. The Kier molecular flexibility index (Phi) is 2.33. The maximum absolute atomic E-state index is 7.27. The van der Waals surface area contributed by atoms with Gasteiger partial charge in [-0.15, -0.1) is 0 Å². The van der Waals surface area contributed by atoms with E-state index in [0.29, 0.717) is 12.2 Å². The fourth-order valence-corrected chi connectivity index (χ4v) is 1.57. The Bertz CT molecular complexity index is 502. The number of nitrogens with one attached hydrogen (secondary N) is 1. The first-order valence-electron chi connectivity index (χ1n) is 4.57. The van der Waals surface area contributed by atoms with E-state index in [4.69, 9.17) is 20.3 Å². The highest BCUT2D eigenvalue weighted by atomic mass is 16.5. The average Bonchev–Trinajstić information content (AvgIpc) is 2.62. The van der Waals surface area contributed by atoms with Crippen molar-refractivity contribution in [3.63, 3.8) is 0 Å². The highest BCUT2D eigenvalue weighted by molar-refractivity contribution is 5.85. The summed E-state index contributed by atoms with van der Waals surface area (Å²) in [6.45, 7) is 0. The monoisotopic (exact) mass is 204 g/mol. The first-order chi connectivity index (χ1) is 7.20. The average molecular weight is 204 g/mol. The molecule has 4 nitrogen and oxygen atoms in total. The van der Waals surface area contributed by atoms with Crippen molar-refractivity contribution in [2.24, 2.45) is 5.73 Å². The van der Waals surface area contributed by atoms with Crippen LogP contribution in [0.25, 0.3) is 11.0 Å². The molecule has 1 heterocycles. The zero-order chi connectivity index (χ0) is 10.8. The van der Waals surface area contributed by atoms with Gasteiger partial charge in [0.05, 0.1) is 19.2 Å². The third-order valence-corrected chi connectivity index (χ3v) is 2.24. The van der Waals surface area contributed by atoms with Crippen LogP contribution in [0.15, 0.2) is 28.9 Å². The van der Waals surface area contributed by atoms with Crippen molar-refractivity contribution in [3.05, 3.63) is 30.0 Å². The predicted molar refractivity (Wildman–Crippen MR) is 58.4 cm³/mol. The van der Waals surface area contributed by atoms with Gasteiger partial charge in [0, 0.05) is 23.4 Å². The van der Waals surface area contributed by atoms with E-state index in [1.807, 2.05) is 18.2 Å². The van der Waals surface area contributed by atoms with Crippen molar-refractivity contribution >= 4 is 16.8 Å². The molecule has 0 fully saturated rings. The summed E-state index contributed by atoms with van der Waals surface area (Å²) in [5.74, 6) is 0.823. The summed E-state index contributed by atoms with van der Waals surface area (Å²) in [5.41, 5.74) is 7.05. The van der Waals surface area contributed by atoms with Crippen molar-refractivity contribution in [3.8, 4) is 5.75 Å². The van der Waals surface area contributed by atoms with Crippen molar-refractivity contribution in [1.29, 1.82) is 5.41 Å². The Balaban J connectivity index is 2.54. The molecule has 0 aliphatic rings. The van der Waals surface area contributed by atoms with Crippen LogP contribution in [-0.2, 0) is 6.42 Å². The molecule has 78 valence electrons. The number of rotatable bonds is 3. The highest BCUT2D eigenvalue weighted by Gasteiger charge is 2.08. The molecule has 0 saturated carbocycles. The largest absolute Gasteiger partial charge is 0.496 e. The van der Waals surface area contributed by atoms with E-state index in [-0.39, 0.29) is 5.84 Å². The first kappa shape index (κ1) is 9.58. The van der Waals surface area contributed by atoms with Crippen LogP contribution in [0.2, 0.25) is 0 Å². The number of fused-ring (bicyclic) bond motifs is 1. The summed E-state index contributed by atoms with van der Waals surface area (Å²) in [5, 5.41) is 8.27. The number of hydrogen-bond donors (Lipinski definition) is 2. The Morgan fingerprint density at radius 2 is 2.33 bits per heavy atom. The van der Waals surface area contributed by atoms with Gasteiger partial charge < -0.3 is 14.9 Å². The van der Waals surface area contributed by atoms with E-state index in [9.17, 15) is 0 Å². The summed E-state index contributed by atoms with van der Waals surface area (Å²) in [4.78, 5) is 0. The number of ether oxygens (including phenoxy) is 1. The van der Waals surface area contributed by atoms with Crippen LogP contribution in [0.3, 0.4) is 0 Å². The lowest BCUT2D eigenvalue weighted by molar-refractivity contribution is 0.410. The van der Waals surface area contributed by atoms with Crippen molar-refractivity contribution in [1.82, 2.24) is 0 Å². The number of benzene rings is 1. The molecule has 3 N–H and O–H groups in total. The van der Waals surface area contributed by atoms with Crippen molar-refractivity contribution in [2.75, 3.05) is 7.11 Å². The van der Waals surface area contributed by atoms with Gasteiger partial charge in [-0.2, -0.15) is 0 Å². The van der Waals surface area contributed by atoms with Gasteiger partial charge in [0.2, 0.25) is 0 Å². The van der Waals surface area contributed by atoms with E-state index in [1.54, 1.807) is 13.4 Å². The van der Waals surface area contributed by atoms with E-state index in [0.717, 1.165) is 16.5 Å². The van der Waals surface area contributed by atoms with Gasteiger partial charge in [0.1, 0.15) is 11.3 Å². The number of methoxy groups -OCH3 is 1. The van der Waals surface area contributed by atoms with Crippen LogP contribution in [0, 0.1) is 5.41 Å². The third-order valence-electron chi connectivity index (χ3n) is 2.24. The van der Waals surface area contributed by atoms with Crippen LogP contribution in [0.1, 0.15) is 5.56 Å². The summed E-state index contributed by atoms with van der Waals surface area (Å²) >= 11 is 0. The van der Waals surface area contributed by atoms with Crippen molar-refractivity contribution < 1.29 is 9.15 Å². The Morgan fingerprint density at radius 1 is 1.53 bits per heavy atom. The Morgan fingerprint density at radius 3 is 3.00 bits per heavy atom. The summed E-state index contributed by atoms with van der Waals surface area (Å²) < 4.78 is 10.5. The maximum atomic E-state index is 7.27. The van der Waals surface area contributed by atoms with E-state index < -0.39 is 0 Å². The highest BCUT2D eigenvalue weighted by Crippen LogP contribution is 2.26. The van der Waals surface area contributed by atoms with Gasteiger partial charge in [-0.1, -0.05) is 0 Å². The molecule has 0 amide bonds. The molecular weight excluding hydrogens is 192 g/mol. The first-order valence-corrected chi connectivity index (χ1v) is 4.57. The number of nitrogens with two attached hydrogens (primary N) is 1. The molecule has 2 aromatic rings. The Hall–Kier alpha value is -1.97. The zero-order valence-corrected chi connectivity index (χ0v) is 8.41. The van der Waals surface area contributed by atoms with E-state index in [1.165, 1.54) is 0 Å². The standard InChI is InChI=1S/C11H12N2O2/c1-14-9-6-10-7(2-3-15-10)4-8(9)5-11(12)13/h2-4,6H,5H2,1H3,(H3,12,13). The molecule has 1 aromatic carbocycles. The van der Waals surface area contributed by atoms with Crippen LogP contribution in [0.5, 0.6) is 5.75 Å². The summed E-state index contributed by atoms with van der Waals surface area (Å²) in [6.07, 6.45) is 2.02. The van der Waals surface area contributed by atoms with Crippen molar-refractivity contribution in [2.45, 2.75) is 6.42 Å². The van der Waals surface area contributed by atoms with Gasteiger partial charge in [-0.05, 0) is 12.1 Å². The topological polar surface area (TPSA) is 72.2 Å². The summed E-state index contributed by atoms with van der Waals surface area (Å²) in [6, 6.07) is 5.62. The molecule has 0 aliphatic heterocycles. The van der Waals surface area contributed by atoms with Crippen LogP contribution < -0.4 is 10.5 Å². The second kappa shape index (κ2) is 3.65. The molecule has 1 aromatic heterocycles. The lowest BCUT2D eigenvalue weighted by Gasteiger charge is -2.07. The second-order valence-electron chi connectivity index (χ2n) is 3.32. The molecule has 0 bridgehead atoms. The fraction of sp³-hybridized carbons (Fsp3) is 0.182. The molecule has 2 rings (SSSR count). The third kappa shape index (κ3) is 1.79. The van der Waals surface area contributed by atoms with Gasteiger partial charge in [0.15, 0.2) is 0 Å². The van der Waals surface area contributed by atoms with Crippen LogP contribution >= 0.6 is 0 Å². The SMILES string of the molecule is COc1cc2occc2cc1CC(=N)N. The lowest BCUT2D eigenvalue weighted by atomic mass is 10.1. The molecular formula is C11H12N2O2. The minimum absolute atomic E-state index is 0.121. The molecule has 0 radical (unpaired) electrons. The van der Waals surface area contributed by atoms with Gasteiger partial charge >= 0.3 is 0 Å². The normalized spacial score (nSPS) is 10.5.